The van der Waals surface area contributed by atoms with Gasteiger partial charge in [-0.05, 0) is 33.1 Å². The first-order valence-electron chi connectivity index (χ1n) is 9.18. The van der Waals surface area contributed by atoms with Crippen molar-refractivity contribution in [1.82, 2.24) is 0 Å². The van der Waals surface area contributed by atoms with Crippen LogP contribution in [-0.2, 0) is 19.9 Å². The van der Waals surface area contributed by atoms with E-state index in [9.17, 15) is 4.57 Å². The highest BCUT2D eigenvalue weighted by Crippen LogP contribution is 2.39. The Hall–Kier alpha value is -1.45. The Morgan fingerprint density at radius 1 is 0.778 bits per heavy atom. The number of hydrogen-bond acceptors (Lipinski definition) is 2. The van der Waals surface area contributed by atoms with Gasteiger partial charge in [0.15, 0.2) is 0 Å². The van der Waals surface area contributed by atoms with Gasteiger partial charge in [-0.2, -0.15) is 0 Å². The fraction of sp³-hybridized carbons (Fsp3) is 0.455. The predicted octanol–water partition coefficient (Wildman–Crippen LogP) is 5.52. The summed E-state index contributed by atoms with van der Waals surface area (Å²) >= 11 is 0. The summed E-state index contributed by atoms with van der Waals surface area (Å²) in [6.45, 7) is 12.9. The molecule has 0 radical (unpaired) electrons. The van der Waals surface area contributed by atoms with Crippen LogP contribution >= 0.6 is 7.82 Å². The van der Waals surface area contributed by atoms with Gasteiger partial charge in [-0.15, -0.1) is 0 Å². The molecular formula is C22H31O4P. The molecule has 2 aromatic rings. The molecule has 0 bridgehead atoms. The summed E-state index contributed by atoms with van der Waals surface area (Å²) < 4.78 is 16.1. The standard InChI is InChI=1S/C22H31O4P/c1-21(2,3)18-11-7-16(8-12-18)20(15-26-27(23,24)25)17-9-13-19(14-10-17)22(4,5)6/h7-14,20H,15H2,1-6H3,(H2,23,24,25). The molecule has 0 fully saturated rings. The summed E-state index contributed by atoms with van der Waals surface area (Å²) in [5, 5.41) is 0. The van der Waals surface area contributed by atoms with Crippen molar-refractivity contribution in [2.45, 2.75) is 58.3 Å². The van der Waals surface area contributed by atoms with Crippen LogP contribution in [0.15, 0.2) is 48.5 Å². The maximum Gasteiger partial charge on any atom is 0.469 e. The molecule has 148 valence electrons. The summed E-state index contributed by atoms with van der Waals surface area (Å²) in [6, 6.07) is 16.4. The fourth-order valence-electron chi connectivity index (χ4n) is 2.99. The van der Waals surface area contributed by atoms with Gasteiger partial charge in [0.2, 0.25) is 0 Å². The van der Waals surface area contributed by atoms with E-state index in [4.69, 9.17) is 14.3 Å². The van der Waals surface area contributed by atoms with Crippen molar-refractivity contribution < 1.29 is 18.9 Å². The quantitative estimate of drug-likeness (QED) is 0.660. The maximum absolute atomic E-state index is 11.2. The third-order valence-electron chi connectivity index (χ3n) is 4.77. The zero-order valence-corrected chi connectivity index (χ0v) is 18.0. The highest BCUT2D eigenvalue weighted by molar-refractivity contribution is 7.46. The Morgan fingerprint density at radius 3 is 1.37 bits per heavy atom. The fourth-order valence-corrected chi connectivity index (χ4v) is 3.33. The van der Waals surface area contributed by atoms with Crippen LogP contribution in [0.1, 0.15) is 69.7 Å². The summed E-state index contributed by atoms with van der Waals surface area (Å²) in [6.07, 6.45) is 0. The van der Waals surface area contributed by atoms with Gasteiger partial charge in [0.25, 0.3) is 0 Å². The number of phosphoric acid groups is 1. The highest BCUT2D eigenvalue weighted by Gasteiger charge is 2.23. The van der Waals surface area contributed by atoms with E-state index in [-0.39, 0.29) is 23.4 Å². The van der Waals surface area contributed by atoms with Crippen LogP contribution < -0.4 is 0 Å². The van der Waals surface area contributed by atoms with Crippen molar-refractivity contribution in [3.05, 3.63) is 70.8 Å². The topological polar surface area (TPSA) is 66.8 Å². The molecule has 0 aliphatic carbocycles. The highest BCUT2D eigenvalue weighted by atomic mass is 31.2. The zero-order chi connectivity index (χ0) is 20.5. The van der Waals surface area contributed by atoms with E-state index in [1.54, 1.807) is 0 Å². The third kappa shape index (κ3) is 6.29. The van der Waals surface area contributed by atoms with E-state index in [1.165, 1.54) is 11.1 Å². The number of benzene rings is 2. The minimum atomic E-state index is -4.53. The van der Waals surface area contributed by atoms with Gasteiger partial charge in [-0.3, -0.25) is 4.52 Å². The Morgan fingerprint density at radius 2 is 1.11 bits per heavy atom. The zero-order valence-electron chi connectivity index (χ0n) is 17.1. The molecule has 5 heteroatoms. The monoisotopic (exact) mass is 390 g/mol. The molecule has 0 saturated carbocycles. The maximum atomic E-state index is 11.2. The Bertz CT molecular complexity index is 733. The first-order valence-corrected chi connectivity index (χ1v) is 10.7. The molecule has 0 amide bonds. The van der Waals surface area contributed by atoms with E-state index in [0.29, 0.717) is 0 Å². The molecule has 2 N–H and O–H groups in total. The lowest BCUT2D eigenvalue weighted by Crippen LogP contribution is -2.14. The average molecular weight is 390 g/mol. The summed E-state index contributed by atoms with van der Waals surface area (Å²) in [4.78, 5) is 18.3. The molecule has 0 aromatic heterocycles. The second-order valence-corrected chi connectivity index (χ2v) is 10.3. The molecular weight excluding hydrogens is 359 g/mol. The summed E-state index contributed by atoms with van der Waals surface area (Å²) in [7, 11) is -4.53. The first-order chi connectivity index (χ1) is 12.3. The van der Waals surface area contributed by atoms with Crippen molar-refractivity contribution in [3.63, 3.8) is 0 Å². The number of phosphoric ester groups is 1. The van der Waals surface area contributed by atoms with Crippen molar-refractivity contribution >= 4 is 7.82 Å². The van der Waals surface area contributed by atoms with Crippen LogP contribution in [0.25, 0.3) is 0 Å². The van der Waals surface area contributed by atoms with Crippen LogP contribution in [-0.4, -0.2) is 16.4 Å². The van der Waals surface area contributed by atoms with Gasteiger partial charge < -0.3 is 9.79 Å². The summed E-state index contributed by atoms with van der Waals surface area (Å²) in [5.41, 5.74) is 4.46. The van der Waals surface area contributed by atoms with Gasteiger partial charge in [-0.1, -0.05) is 90.1 Å². The lowest BCUT2D eigenvalue weighted by Gasteiger charge is -2.23. The van der Waals surface area contributed by atoms with Gasteiger partial charge in [0.1, 0.15) is 0 Å². The smallest absolute Gasteiger partial charge is 0.303 e. The Balaban J connectivity index is 2.38. The van der Waals surface area contributed by atoms with Gasteiger partial charge in [-0.25, -0.2) is 4.57 Å². The lowest BCUT2D eigenvalue weighted by molar-refractivity contribution is 0.191. The second-order valence-electron chi connectivity index (χ2n) is 9.08. The molecule has 0 unspecified atom stereocenters. The first kappa shape index (κ1) is 21.8. The van der Waals surface area contributed by atoms with Crippen LogP contribution in [0, 0.1) is 0 Å². The minimum Gasteiger partial charge on any atom is -0.303 e. The average Bonchev–Trinajstić information content (AvgIpc) is 2.53. The normalized spacial score (nSPS) is 13.2. The SMILES string of the molecule is CC(C)(C)c1ccc(C(COP(=O)(O)O)c2ccc(C(C)(C)C)cc2)cc1. The molecule has 27 heavy (non-hydrogen) atoms. The number of hydrogen-bond donors (Lipinski definition) is 2. The molecule has 2 aromatic carbocycles. The van der Waals surface area contributed by atoms with Crippen molar-refractivity contribution in [2.75, 3.05) is 6.61 Å². The van der Waals surface area contributed by atoms with Gasteiger partial charge in [0.05, 0.1) is 6.61 Å². The molecule has 4 nitrogen and oxygen atoms in total. The van der Waals surface area contributed by atoms with E-state index in [2.05, 4.69) is 65.8 Å². The second kappa shape index (κ2) is 7.89. The Labute approximate surface area is 162 Å². The summed E-state index contributed by atoms with van der Waals surface area (Å²) in [5.74, 6) is -0.249. The molecule has 0 heterocycles. The molecule has 0 aliphatic heterocycles. The molecule has 0 spiro atoms. The minimum absolute atomic E-state index is 0.0464. The van der Waals surface area contributed by atoms with Crippen LogP contribution in [0.4, 0.5) is 0 Å². The van der Waals surface area contributed by atoms with E-state index >= 15 is 0 Å². The van der Waals surface area contributed by atoms with Gasteiger partial charge >= 0.3 is 7.82 Å². The van der Waals surface area contributed by atoms with E-state index in [1.807, 2.05) is 24.3 Å². The molecule has 2 rings (SSSR count). The largest absolute Gasteiger partial charge is 0.469 e. The van der Waals surface area contributed by atoms with E-state index < -0.39 is 7.82 Å². The predicted molar refractivity (Wildman–Crippen MR) is 110 cm³/mol. The van der Waals surface area contributed by atoms with Crippen molar-refractivity contribution in [1.29, 1.82) is 0 Å². The van der Waals surface area contributed by atoms with Crippen LogP contribution in [0.2, 0.25) is 0 Å². The number of rotatable bonds is 5. The molecule has 0 atom stereocenters. The van der Waals surface area contributed by atoms with Crippen LogP contribution in [0.5, 0.6) is 0 Å². The van der Waals surface area contributed by atoms with Crippen molar-refractivity contribution in [2.24, 2.45) is 0 Å². The van der Waals surface area contributed by atoms with Crippen LogP contribution in [0.3, 0.4) is 0 Å². The third-order valence-corrected chi connectivity index (χ3v) is 5.25. The molecule has 0 saturated heterocycles. The van der Waals surface area contributed by atoms with Gasteiger partial charge in [0, 0.05) is 5.92 Å². The lowest BCUT2D eigenvalue weighted by atomic mass is 9.83. The van der Waals surface area contributed by atoms with Crippen molar-refractivity contribution in [3.8, 4) is 0 Å². The Kier molecular flexibility index (Phi) is 6.38. The van der Waals surface area contributed by atoms with E-state index in [0.717, 1.165) is 11.1 Å². The molecule has 0 aliphatic rings.